The predicted octanol–water partition coefficient (Wildman–Crippen LogP) is 4.00. The summed E-state index contributed by atoms with van der Waals surface area (Å²) in [4.78, 5) is 23.4. The van der Waals surface area contributed by atoms with Crippen LogP contribution in [0.4, 0.5) is 0 Å². The van der Waals surface area contributed by atoms with E-state index >= 15 is 0 Å². The van der Waals surface area contributed by atoms with Crippen molar-refractivity contribution in [3.05, 3.63) is 60.8 Å². The van der Waals surface area contributed by atoms with E-state index < -0.39 is 5.56 Å². The number of nitriles is 2. The molecule has 0 atom stereocenters. The Morgan fingerprint density at radius 2 is 1.33 bits per heavy atom. The quantitative estimate of drug-likeness (QED) is 0.679. The van der Waals surface area contributed by atoms with Gasteiger partial charge in [0.05, 0.1) is 0 Å². The van der Waals surface area contributed by atoms with E-state index in [9.17, 15) is 14.7 Å². The summed E-state index contributed by atoms with van der Waals surface area (Å²) in [5.41, 5.74) is -0.631. The lowest BCUT2D eigenvalue weighted by Gasteiger charge is -2.08. The van der Waals surface area contributed by atoms with Gasteiger partial charge >= 0.3 is 0 Å². The molecule has 0 saturated carbocycles. The molecule has 0 aliphatic rings. The van der Waals surface area contributed by atoms with Crippen molar-refractivity contribution >= 4 is 15.9 Å². The number of aromatic hydroxyl groups is 1. The van der Waals surface area contributed by atoms with Crippen LogP contribution in [0.1, 0.15) is 51.7 Å². The molecule has 0 spiro atoms. The maximum absolute atomic E-state index is 11.7. The standard InChI is InChI=1S/C11H13BrN2O.C11H14N2O2/c1-8(2)3-5-14-6-4-10(12)9(7-13)11(14)15;1-8(2)3-5-13-6-4-10(14)9(7-12)11(13)15/h4,6,8H,3,5H2,1-2H3;4,6,8,14H,3,5H2,1-2H3. The first kappa shape index (κ1) is 25.2. The van der Waals surface area contributed by atoms with Gasteiger partial charge in [-0.3, -0.25) is 9.59 Å². The van der Waals surface area contributed by atoms with Gasteiger partial charge in [0.25, 0.3) is 11.1 Å². The molecule has 30 heavy (non-hydrogen) atoms. The molecule has 0 saturated heterocycles. The summed E-state index contributed by atoms with van der Waals surface area (Å²) in [6.07, 6.45) is 5.04. The maximum Gasteiger partial charge on any atom is 0.272 e. The monoisotopic (exact) mass is 474 g/mol. The minimum Gasteiger partial charge on any atom is -0.506 e. The van der Waals surface area contributed by atoms with Crippen molar-refractivity contribution in [3.63, 3.8) is 0 Å². The van der Waals surface area contributed by atoms with Crippen molar-refractivity contribution in [1.29, 1.82) is 10.5 Å². The lowest BCUT2D eigenvalue weighted by atomic mass is 10.1. The first-order valence-electron chi connectivity index (χ1n) is 9.73. The van der Waals surface area contributed by atoms with Gasteiger partial charge in [0.15, 0.2) is 5.56 Å². The second-order valence-corrected chi connectivity index (χ2v) is 8.55. The molecule has 0 aliphatic carbocycles. The van der Waals surface area contributed by atoms with Crippen molar-refractivity contribution < 1.29 is 5.11 Å². The Bertz CT molecular complexity index is 971. The molecule has 0 amide bonds. The summed E-state index contributed by atoms with van der Waals surface area (Å²) in [5.74, 6) is 0.797. The molecule has 0 aliphatic heterocycles. The smallest absolute Gasteiger partial charge is 0.272 e. The molecule has 0 unspecified atom stereocenters. The number of rotatable bonds is 6. The molecule has 0 fully saturated rings. The first-order valence-corrected chi connectivity index (χ1v) is 10.5. The first-order chi connectivity index (χ1) is 14.1. The molecule has 8 heteroatoms. The average molecular weight is 475 g/mol. The highest BCUT2D eigenvalue weighted by molar-refractivity contribution is 9.10. The van der Waals surface area contributed by atoms with Gasteiger partial charge in [-0.2, -0.15) is 10.5 Å². The zero-order chi connectivity index (χ0) is 22.8. The van der Waals surface area contributed by atoms with Crippen LogP contribution in [-0.4, -0.2) is 14.2 Å². The van der Waals surface area contributed by atoms with Gasteiger partial charge in [-0.1, -0.05) is 27.7 Å². The number of hydrogen-bond acceptors (Lipinski definition) is 5. The van der Waals surface area contributed by atoms with E-state index in [-0.39, 0.29) is 22.4 Å². The fourth-order valence-corrected chi connectivity index (χ4v) is 2.85. The van der Waals surface area contributed by atoms with Crippen molar-refractivity contribution in [2.24, 2.45) is 11.8 Å². The molecule has 0 radical (unpaired) electrons. The van der Waals surface area contributed by atoms with Crippen molar-refractivity contribution in [1.82, 2.24) is 9.13 Å². The zero-order valence-corrected chi connectivity index (χ0v) is 19.3. The predicted molar refractivity (Wildman–Crippen MR) is 119 cm³/mol. The highest BCUT2D eigenvalue weighted by atomic mass is 79.9. The van der Waals surface area contributed by atoms with Crippen LogP contribution in [0, 0.1) is 34.5 Å². The zero-order valence-electron chi connectivity index (χ0n) is 17.7. The number of hydrogen-bond donors (Lipinski definition) is 1. The van der Waals surface area contributed by atoms with Crippen molar-refractivity contribution in [2.75, 3.05) is 0 Å². The van der Waals surface area contributed by atoms with Crippen LogP contribution in [-0.2, 0) is 13.1 Å². The summed E-state index contributed by atoms with van der Waals surface area (Å²) in [5, 5.41) is 26.7. The van der Waals surface area contributed by atoms with Gasteiger partial charge in [-0.15, -0.1) is 0 Å². The topological polar surface area (TPSA) is 112 Å². The van der Waals surface area contributed by atoms with E-state index in [0.717, 1.165) is 12.8 Å². The van der Waals surface area contributed by atoms with Crippen LogP contribution in [0.2, 0.25) is 0 Å². The third-order valence-corrected chi connectivity index (χ3v) is 5.04. The van der Waals surface area contributed by atoms with Crippen LogP contribution in [0.3, 0.4) is 0 Å². The van der Waals surface area contributed by atoms with Crippen LogP contribution >= 0.6 is 15.9 Å². The minimum atomic E-state index is -0.418. The number of aromatic nitrogens is 2. The molecule has 0 bridgehead atoms. The van der Waals surface area contributed by atoms with E-state index in [1.807, 2.05) is 6.07 Å². The van der Waals surface area contributed by atoms with E-state index in [2.05, 4.69) is 43.6 Å². The molecule has 2 rings (SSSR count). The van der Waals surface area contributed by atoms with Gasteiger partial charge in [0, 0.05) is 30.0 Å². The SMILES string of the molecule is CC(C)CCn1ccc(Br)c(C#N)c1=O.CC(C)CCn1ccc(O)c(C#N)c1=O. The van der Waals surface area contributed by atoms with Gasteiger partial charge in [0.1, 0.15) is 23.5 Å². The van der Waals surface area contributed by atoms with Crippen LogP contribution in [0.15, 0.2) is 38.6 Å². The highest BCUT2D eigenvalue weighted by Crippen LogP contribution is 2.12. The van der Waals surface area contributed by atoms with Crippen LogP contribution in [0.5, 0.6) is 5.75 Å². The molecular formula is C22H27BrN4O3. The normalized spacial score (nSPS) is 10.3. The molecule has 1 N–H and O–H groups in total. The van der Waals surface area contributed by atoms with E-state index in [4.69, 9.17) is 10.5 Å². The van der Waals surface area contributed by atoms with Crippen LogP contribution in [0.25, 0.3) is 0 Å². The summed E-state index contributed by atoms with van der Waals surface area (Å²) in [7, 11) is 0. The Balaban J connectivity index is 0.000000300. The molecule has 160 valence electrons. The molecule has 0 aromatic carbocycles. The molecular weight excluding hydrogens is 448 g/mol. The third kappa shape index (κ3) is 7.20. The van der Waals surface area contributed by atoms with Crippen LogP contribution < -0.4 is 11.1 Å². The summed E-state index contributed by atoms with van der Waals surface area (Å²) < 4.78 is 3.61. The molecule has 2 heterocycles. The van der Waals surface area contributed by atoms with E-state index in [1.165, 1.54) is 16.8 Å². The fourth-order valence-electron chi connectivity index (χ4n) is 2.47. The summed E-state index contributed by atoms with van der Waals surface area (Å²) in [6, 6.07) is 6.73. The third-order valence-electron chi connectivity index (χ3n) is 4.38. The maximum atomic E-state index is 11.7. The number of pyridine rings is 2. The largest absolute Gasteiger partial charge is 0.506 e. The van der Waals surface area contributed by atoms with Gasteiger partial charge in [-0.25, -0.2) is 0 Å². The van der Waals surface area contributed by atoms with Gasteiger partial charge in [0.2, 0.25) is 0 Å². The number of nitrogens with zero attached hydrogens (tertiary/aromatic N) is 4. The Hall–Kier alpha value is -2.84. The number of aryl methyl sites for hydroxylation is 2. The summed E-state index contributed by atoms with van der Waals surface area (Å²) >= 11 is 3.19. The highest BCUT2D eigenvalue weighted by Gasteiger charge is 2.09. The second kappa shape index (κ2) is 12.0. The molecule has 7 nitrogen and oxygen atoms in total. The minimum absolute atomic E-state index is 0.179. The second-order valence-electron chi connectivity index (χ2n) is 7.70. The van der Waals surface area contributed by atoms with E-state index in [1.54, 1.807) is 22.9 Å². The van der Waals surface area contributed by atoms with Gasteiger partial charge < -0.3 is 14.2 Å². The molecule has 2 aromatic heterocycles. The summed E-state index contributed by atoms with van der Waals surface area (Å²) in [6.45, 7) is 9.58. The fraction of sp³-hybridized carbons (Fsp3) is 0.455. The Labute approximate surface area is 185 Å². The van der Waals surface area contributed by atoms with E-state index in [0.29, 0.717) is 29.4 Å². The molecule has 2 aromatic rings. The Kier molecular flexibility index (Phi) is 10.1. The average Bonchev–Trinajstić information content (AvgIpc) is 2.68. The Morgan fingerprint density at radius 3 is 1.77 bits per heavy atom. The van der Waals surface area contributed by atoms with Gasteiger partial charge in [-0.05, 0) is 52.7 Å². The van der Waals surface area contributed by atoms with Crippen molar-refractivity contribution in [2.45, 2.75) is 53.6 Å². The van der Waals surface area contributed by atoms with Crippen molar-refractivity contribution in [3.8, 4) is 17.9 Å². The number of halogens is 1. The lowest BCUT2D eigenvalue weighted by molar-refractivity contribution is 0.463. The lowest BCUT2D eigenvalue weighted by Crippen LogP contribution is -2.22. The Morgan fingerprint density at radius 1 is 0.900 bits per heavy atom.